The Morgan fingerprint density at radius 3 is 1.92 bits per heavy atom. The zero-order chi connectivity index (χ0) is 17.4. The molecule has 0 saturated carbocycles. The van der Waals surface area contributed by atoms with Crippen molar-refractivity contribution in [1.29, 1.82) is 0 Å². The fourth-order valence-corrected chi connectivity index (χ4v) is 2.52. The summed E-state index contributed by atoms with van der Waals surface area (Å²) in [6, 6.07) is 15.3. The average Bonchev–Trinajstić information content (AvgIpc) is 2.64. The van der Waals surface area contributed by atoms with Gasteiger partial charge >= 0.3 is 0 Å². The van der Waals surface area contributed by atoms with Crippen molar-refractivity contribution in [2.75, 3.05) is 0 Å². The molecule has 124 valence electrons. The Kier molecular flexibility index (Phi) is 6.62. The monoisotopic (exact) mass is 322 g/mol. The van der Waals surface area contributed by atoms with E-state index >= 15 is 0 Å². The van der Waals surface area contributed by atoms with Gasteiger partial charge in [0.25, 0.3) is 0 Å². The molecule has 0 heterocycles. The molecule has 0 aliphatic rings. The molecule has 2 aromatic rings. The van der Waals surface area contributed by atoms with Gasteiger partial charge in [-0.25, -0.2) is 0 Å². The van der Waals surface area contributed by atoms with Crippen LogP contribution in [0.4, 0.5) is 0 Å². The van der Waals surface area contributed by atoms with Crippen LogP contribution in [-0.4, -0.2) is 17.3 Å². The van der Waals surface area contributed by atoms with E-state index in [1.807, 2.05) is 18.2 Å². The summed E-state index contributed by atoms with van der Waals surface area (Å²) in [6.07, 6.45) is 4.20. The lowest BCUT2D eigenvalue weighted by Crippen LogP contribution is -2.14. The zero-order valence-corrected chi connectivity index (χ0v) is 14.0. The maximum absolute atomic E-state index is 12.3. The molecule has 0 N–H and O–H groups in total. The van der Waals surface area contributed by atoms with Crippen LogP contribution >= 0.6 is 0 Å². The molecule has 2 aromatic carbocycles. The topological polar surface area (TPSA) is 51.2 Å². The van der Waals surface area contributed by atoms with Gasteiger partial charge in [0, 0.05) is 23.1 Å². The summed E-state index contributed by atoms with van der Waals surface area (Å²) in [5.41, 5.74) is 1.46. The normalized spacial score (nSPS) is 10.4. The summed E-state index contributed by atoms with van der Waals surface area (Å²) in [4.78, 5) is 36.4. The van der Waals surface area contributed by atoms with Crippen LogP contribution in [0.3, 0.4) is 0 Å². The van der Waals surface area contributed by atoms with Crippen LogP contribution in [0.15, 0.2) is 54.6 Å². The molecule has 0 aliphatic heterocycles. The quantitative estimate of drug-likeness (QED) is 0.384. The predicted octanol–water partition coefficient (Wildman–Crippen LogP) is 4.64. The molecule has 24 heavy (non-hydrogen) atoms. The van der Waals surface area contributed by atoms with Gasteiger partial charge in [0.2, 0.25) is 11.6 Å². The maximum Gasteiger partial charge on any atom is 0.228 e. The van der Waals surface area contributed by atoms with Crippen molar-refractivity contribution in [2.24, 2.45) is 0 Å². The number of carbonyl (C=O) groups is 3. The van der Waals surface area contributed by atoms with E-state index < -0.39 is 5.78 Å². The lowest BCUT2D eigenvalue weighted by atomic mass is 9.98. The van der Waals surface area contributed by atoms with Crippen molar-refractivity contribution in [3.63, 3.8) is 0 Å². The minimum absolute atomic E-state index is 0.0968. The molecule has 0 saturated heterocycles. The molecule has 0 fully saturated rings. The van der Waals surface area contributed by atoms with E-state index in [0.29, 0.717) is 23.1 Å². The van der Waals surface area contributed by atoms with E-state index in [-0.39, 0.29) is 11.6 Å². The molecule has 0 bridgehead atoms. The van der Waals surface area contributed by atoms with Gasteiger partial charge in [-0.05, 0) is 6.42 Å². The van der Waals surface area contributed by atoms with Crippen LogP contribution in [0, 0.1) is 0 Å². The van der Waals surface area contributed by atoms with E-state index in [1.54, 1.807) is 36.4 Å². The Hall–Kier alpha value is -2.55. The number of Topliss-reactive ketones (excluding diaryl/α,β-unsaturated/α-hetero) is 2. The first-order valence-electron chi connectivity index (χ1n) is 8.41. The van der Waals surface area contributed by atoms with Crippen LogP contribution < -0.4 is 0 Å². The lowest BCUT2D eigenvalue weighted by molar-refractivity contribution is -0.115. The number of benzene rings is 2. The summed E-state index contributed by atoms with van der Waals surface area (Å²) in [7, 11) is 0. The second-order valence-electron chi connectivity index (χ2n) is 5.84. The van der Waals surface area contributed by atoms with E-state index in [4.69, 9.17) is 0 Å². The first kappa shape index (κ1) is 17.8. The Balaban J connectivity index is 1.99. The maximum atomic E-state index is 12.3. The minimum Gasteiger partial charge on any atom is -0.290 e. The molecule has 0 unspecified atom stereocenters. The number of hydrogen-bond donors (Lipinski definition) is 0. The first-order chi connectivity index (χ1) is 11.6. The molecule has 0 aromatic heterocycles. The Labute approximate surface area is 142 Å². The Morgan fingerprint density at radius 2 is 1.29 bits per heavy atom. The fourth-order valence-electron chi connectivity index (χ4n) is 2.52. The third-order valence-corrected chi connectivity index (χ3v) is 3.96. The summed E-state index contributed by atoms with van der Waals surface area (Å²) in [5.74, 6) is -0.918. The fraction of sp³-hybridized carbons (Fsp3) is 0.286. The molecular weight excluding hydrogens is 300 g/mol. The van der Waals surface area contributed by atoms with Crippen molar-refractivity contribution in [1.82, 2.24) is 0 Å². The minimum atomic E-state index is -0.467. The Bertz CT molecular complexity index is 700. The third kappa shape index (κ3) is 4.72. The third-order valence-electron chi connectivity index (χ3n) is 3.96. The van der Waals surface area contributed by atoms with Crippen LogP contribution in [0.25, 0.3) is 0 Å². The number of carbonyl (C=O) groups excluding carboxylic acids is 3. The highest BCUT2D eigenvalue weighted by Crippen LogP contribution is 2.13. The van der Waals surface area contributed by atoms with Crippen molar-refractivity contribution >= 4 is 17.3 Å². The first-order valence-corrected chi connectivity index (χ1v) is 8.41. The highest BCUT2D eigenvalue weighted by atomic mass is 16.2. The molecule has 0 spiro atoms. The number of ketones is 3. The highest BCUT2D eigenvalue weighted by molar-refractivity contribution is 6.43. The van der Waals surface area contributed by atoms with Crippen LogP contribution in [0.2, 0.25) is 0 Å². The average molecular weight is 322 g/mol. The van der Waals surface area contributed by atoms with Crippen molar-refractivity contribution < 1.29 is 14.4 Å². The van der Waals surface area contributed by atoms with E-state index in [0.717, 1.165) is 25.7 Å². The van der Waals surface area contributed by atoms with Crippen LogP contribution in [0.1, 0.15) is 65.3 Å². The highest BCUT2D eigenvalue weighted by Gasteiger charge is 2.16. The molecule has 3 heteroatoms. The molecule has 2 rings (SSSR count). The van der Waals surface area contributed by atoms with Gasteiger partial charge in [-0.1, -0.05) is 80.8 Å². The van der Waals surface area contributed by atoms with E-state index in [1.165, 1.54) is 0 Å². The standard InChI is InChI=1S/C21H22O3/c1-2-3-4-8-11-19(22)21(24)18-14-12-17(13-15-18)20(23)16-9-6-5-7-10-16/h5-7,9-10,12-15H,2-4,8,11H2,1H3. The van der Waals surface area contributed by atoms with Gasteiger partial charge in [-0.3, -0.25) is 14.4 Å². The smallest absolute Gasteiger partial charge is 0.228 e. The van der Waals surface area contributed by atoms with Gasteiger partial charge in [-0.15, -0.1) is 0 Å². The second kappa shape index (κ2) is 8.92. The van der Waals surface area contributed by atoms with Crippen LogP contribution in [0.5, 0.6) is 0 Å². The second-order valence-corrected chi connectivity index (χ2v) is 5.84. The molecular formula is C21H22O3. The molecule has 0 aliphatic carbocycles. The summed E-state index contributed by atoms with van der Waals surface area (Å²) in [6.45, 7) is 2.10. The van der Waals surface area contributed by atoms with Gasteiger partial charge < -0.3 is 0 Å². The summed E-state index contributed by atoms with van der Waals surface area (Å²) >= 11 is 0. The van der Waals surface area contributed by atoms with Crippen LogP contribution in [-0.2, 0) is 4.79 Å². The summed E-state index contributed by atoms with van der Waals surface area (Å²) < 4.78 is 0. The largest absolute Gasteiger partial charge is 0.290 e. The van der Waals surface area contributed by atoms with E-state index in [2.05, 4.69) is 6.92 Å². The zero-order valence-electron chi connectivity index (χ0n) is 14.0. The van der Waals surface area contributed by atoms with Gasteiger partial charge in [0.1, 0.15) is 0 Å². The SMILES string of the molecule is CCCCCCC(=O)C(=O)c1ccc(C(=O)c2ccccc2)cc1. The summed E-state index contributed by atoms with van der Waals surface area (Å²) in [5, 5.41) is 0. The molecule has 0 amide bonds. The molecule has 0 atom stereocenters. The predicted molar refractivity (Wildman–Crippen MR) is 94.4 cm³/mol. The lowest BCUT2D eigenvalue weighted by Gasteiger charge is -2.04. The number of rotatable bonds is 9. The van der Waals surface area contributed by atoms with Gasteiger partial charge in [0.05, 0.1) is 0 Å². The Morgan fingerprint density at radius 1 is 0.708 bits per heavy atom. The van der Waals surface area contributed by atoms with Gasteiger partial charge in [0.15, 0.2) is 5.78 Å². The van der Waals surface area contributed by atoms with Crippen molar-refractivity contribution in [2.45, 2.75) is 39.0 Å². The van der Waals surface area contributed by atoms with Gasteiger partial charge in [-0.2, -0.15) is 0 Å². The molecule has 0 radical (unpaired) electrons. The van der Waals surface area contributed by atoms with E-state index in [9.17, 15) is 14.4 Å². The van der Waals surface area contributed by atoms with Crippen molar-refractivity contribution in [3.8, 4) is 0 Å². The van der Waals surface area contributed by atoms with Crippen molar-refractivity contribution in [3.05, 3.63) is 71.3 Å². The molecule has 3 nitrogen and oxygen atoms in total. The number of hydrogen-bond acceptors (Lipinski definition) is 3. The number of unbranched alkanes of at least 4 members (excludes halogenated alkanes) is 3.